The molecule has 0 atom stereocenters. The zero-order chi connectivity index (χ0) is 14.6. The SMILES string of the molecule is CCN(CC(N)=NO)C(=O)c1cc(F)c(F)c(F)c1. The molecule has 0 heterocycles. The van der Waals surface area contributed by atoms with Crippen molar-refractivity contribution in [3.8, 4) is 0 Å². The van der Waals surface area contributed by atoms with Crippen molar-refractivity contribution in [3.63, 3.8) is 0 Å². The molecule has 0 unspecified atom stereocenters. The quantitative estimate of drug-likeness (QED) is 0.286. The van der Waals surface area contributed by atoms with Crippen LogP contribution in [-0.2, 0) is 0 Å². The van der Waals surface area contributed by atoms with Crippen LogP contribution in [0.15, 0.2) is 17.3 Å². The van der Waals surface area contributed by atoms with Crippen LogP contribution in [-0.4, -0.2) is 34.9 Å². The van der Waals surface area contributed by atoms with Crippen LogP contribution >= 0.6 is 0 Å². The van der Waals surface area contributed by atoms with E-state index < -0.39 is 23.4 Å². The maximum Gasteiger partial charge on any atom is 0.254 e. The molecule has 0 aliphatic rings. The van der Waals surface area contributed by atoms with Gasteiger partial charge in [-0.05, 0) is 19.1 Å². The van der Waals surface area contributed by atoms with E-state index in [0.29, 0.717) is 12.1 Å². The third-order valence-electron chi connectivity index (χ3n) is 2.38. The minimum absolute atomic E-state index is 0.162. The number of nitrogens with zero attached hydrogens (tertiary/aromatic N) is 2. The smallest absolute Gasteiger partial charge is 0.254 e. The van der Waals surface area contributed by atoms with Gasteiger partial charge in [0.2, 0.25) is 0 Å². The molecule has 0 spiro atoms. The fourth-order valence-corrected chi connectivity index (χ4v) is 1.42. The van der Waals surface area contributed by atoms with Gasteiger partial charge in [0.05, 0.1) is 6.54 Å². The fraction of sp³-hybridized carbons (Fsp3) is 0.273. The van der Waals surface area contributed by atoms with Crippen LogP contribution in [0.3, 0.4) is 0 Å². The summed E-state index contributed by atoms with van der Waals surface area (Å²) in [5.74, 6) is -5.55. The zero-order valence-electron chi connectivity index (χ0n) is 10.0. The molecule has 5 nitrogen and oxygen atoms in total. The van der Waals surface area contributed by atoms with E-state index in [1.54, 1.807) is 6.92 Å². The molecule has 1 aromatic rings. The van der Waals surface area contributed by atoms with E-state index in [1.165, 1.54) is 0 Å². The van der Waals surface area contributed by atoms with Gasteiger partial charge in [-0.2, -0.15) is 0 Å². The van der Waals surface area contributed by atoms with Gasteiger partial charge in [0.1, 0.15) is 0 Å². The van der Waals surface area contributed by atoms with Gasteiger partial charge in [-0.25, -0.2) is 13.2 Å². The van der Waals surface area contributed by atoms with Gasteiger partial charge in [0.15, 0.2) is 23.3 Å². The molecule has 0 aromatic heterocycles. The van der Waals surface area contributed by atoms with Crippen molar-refractivity contribution in [2.24, 2.45) is 10.9 Å². The summed E-state index contributed by atoms with van der Waals surface area (Å²) in [4.78, 5) is 13.0. The van der Waals surface area contributed by atoms with E-state index in [4.69, 9.17) is 10.9 Å². The van der Waals surface area contributed by atoms with E-state index >= 15 is 0 Å². The Balaban J connectivity index is 3.04. The van der Waals surface area contributed by atoms with Gasteiger partial charge >= 0.3 is 0 Å². The van der Waals surface area contributed by atoms with Crippen molar-refractivity contribution in [2.45, 2.75) is 6.92 Å². The number of likely N-dealkylation sites (N-methyl/N-ethyl adjacent to an activating group) is 1. The Hall–Kier alpha value is -2.25. The van der Waals surface area contributed by atoms with Crippen molar-refractivity contribution in [2.75, 3.05) is 13.1 Å². The number of carbonyl (C=O) groups excluding carboxylic acids is 1. The minimum atomic E-state index is -1.64. The molecule has 0 aliphatic carbocycles. The highest BCUT2D eigenvalue weighted by molar-refractivity contribution is 5.97. The van der Waals surface area contributed by atoms with Gasteiger partial charge < -0.3 is 15.8 Å². The fourth-order valence-electron chi connectivity index (χ4n) is 1.42. The lowest BCUT2D eigenvalue weighted by Crippen LogP contribution is -2.38. The van der Waals surface area contributed by atoms with E-state index in [-0.39, 0.29) is 24.5 Å². The van der Waals surface area contributed by atoms with Crippen LogP contribution in [0.1, 0.15) is 17.3 Å². The molecule has 0 aliphatic heterocycles. The average molecular weight is 275 g/mol. The van der Waals surface area contributed by atoms with Crippen molar-refractivity contribution in [1.29, 1.82) is 0 Å². The normalized spacial score (nSPS) is 11.5. The van der Waals surface area contributed by atoms with Crippen LogP contribution in [0.5, 0.6) is 0 Å². The second kappa shape index (κ2) is 6.07. The van der Waals surface area contributed by atoms with Gasteiger partial charge in [-0.15, -0.1) is 0 Å². The zero-order valence-corrected chi connectivity index (χ0v) is 10.0. The Morgan fingerprint density at radius 3 is 2.32 bits per heavy atom. The van der Waals surface area contributed by atoms with Crippen LogP contribution in [0.25, 0.3) is 0 Å². The summed E-state index contributed by atoms with van der Waals surface area (Å²) in [6.07, 6.45) is 0. The Morgan fingerprint density at radius 1 is 1.37 bits per heavy atom. The van der Waals surface area contributed by atoms with Crippen LogP contribution in [0.4, 0.5) is 13.2 Å². The molecule has 1 aromatic carbocycles. The van der Waals surface area contributed by atoms with Crippen molar-refractivity contribution in [1.82, 2.24) is 4.90 Å². The Morgan fingerprint density at radius 2 is 1.89 bits per heavy atom. The Labute approximate surface area is 107 Å². The number of hydrogen-bond donors (Lipinski definition) is 2. The number of benzene rings is 1. The molecule has 3 N–H and O–H groups in total. The van der Waals surface area contributed by atoms with Crippen molar-refractivity contribution in [3.05, 3.63) is 35.1 Å². The largest absolute Gasteiger partial charge is 0.409 e. The summed E-state index contributed by atoms with van der Waals surface area (Å²) in [6.45, 7) is 1.54. The average Bonchev–Trinajstić information content (AvgIpc) is 2.40. The number of rotatable bonds is 4. The third-order valence-corrected chi connectivity index (χ3v) is 2.38. The minimum Gasteiger partial charge on any atom is -0.409 e. The first kappa shape index (κ1) is 14.8. The first-order valence-electron chi connectivity index (χ1n) is 5.30. The molecule has 1 rings (SSSR count). The molecule has 8 heteroatoms. The molecule has 19 heavy (non-hydrogen) atoms. The number of oxime groups is 1. The van der Waals surface area contributed by atoms with E-state index in [1.807, 2.05) is 0 Å². The van der Waals surface area contributed by atoms with Crippen LogP contribution in [0, 0.1) is 17.5 Å². The molecule has 104 valence electrons. The van der Waals surface area contributed by atoms with Crippen molar-refractivity contribution >= 4 is 11.7 Å². The Bertz CT molecular complexity index is 497. The number of hydrogen-bond acceptors (Lipinski definition) is 3. The topological polar surface area (TPSA) is 78.9 Å². The maximum absolute atomic E-state index is 13.0. The lowest BCUT2D eigenvalue weighted by molar-refractivity contribution is 0.0785. The summed E-state index contributed by atoms with van der Waals surface area (Å²) in [5.41, 5.74) is 4.89. The van der Waals surface area contributed by atoms with Crippen LogP contribution < -0.4 is 5.73 Å². The monoisotopic (exact) mass is 275 g/mol. The number of carbonyl (C=O) groups is 1. The summed E-state index contributed by atoms with van der Waals surface area (Å²) >= 11 is 0. The van der Waals surface area contributed by atoms with Crippen LogP contribution in [0.2, 0.25) is 0 Å². The molecule has 0 saturated carbocycles. The predicted octanol–water partition coefficient (Wildman–Crippen LogP) is 1.31. The standard InChI is InChI=1S/C11H12F3N3O2/c1-2-17(5-9(15)16-19)11(18)6-3-7(12)10(14)8(13)4-6/h3-4,19H,2,5H2,1H3,(H2,15,16). The highest BCUT2D eigenvalue weighted by atomic mass is 19.2. The van der Waals surface area contributed by atoms with Gasteiger partial charge in [0.25, 0.3) is 5.91 Å². The molecular weight excluding hydrogens is 263 g/mol. The number of halogens is 3. The number of nitrogens with two attached hydrogens (primary N) is 1. The highest BCUT2D eigenvalue weighted by Gasteiger charge is 2.19. The van der Waals surface area contributed by atoms with Gasteiger partial charge in [0, 0.05) is 12.1 Å². The molecule has 0 saturated heterocycles. The summed E-state index contributed by atoms with van der Waals surface area (Å²) in [7, 11) is 0. The molecule has 0 bridgehead atoms. The predicted molar refractivity (Wildman–Crippen MR) is 61.3 cm³/mol. The maximum atomic E-state index is 13.0. The summed E-state index contributed by atoms with van der Waals surface area (Å²) in [6, 6.07) is 1.19. The van der Waals surface area contributed by atoms with Gasteiger partial charge in [-0.3, -0.25) is 4.79 Å². The molecule has 1 amide bonds. The van der Waals surface area contributed by atoms with E-state index in [0.717, 1.165) is 4.90 Å². The molecular formula is C11H12F3N3O2. The van der Waals surface area contributed by atoms with Gasteiger partial charge in [-0.1, -0.05) is 5.16 Å². The number of amides is 1. The highest BCUT2D eigenvalue weighted by Crippen LogP contribution is 2.15. The summed E-state index contributed by atoms with van der Waals surface area (Å²) in [5, 5.41) is 11.1. The van der Waals surface area contributed by atoms with Crippen molar-refractivity contribution < 1.29 is 23.2 Å². The second-order valence-corrected chi connectivity index (χ2v) is 3.66. The first-order valence-corrected chi connectivity index (χ1v) is 5.30. The molecule has 0 radical (unpaired) electrons. The third kappa shape index (κ3) is 3.36. The first-order chi connectivity index (χ1) is 8.90. The summed E-state index contributed by atoms with van der Waals surface area (Å²) < 4.78 is 38.8. The van der Waals surface area contributed by atoms with E-state index in [9.17, 15) is 18.0 Å². The molecule has 0 fully saturated rings. The second-order valence-electron chi connectivity index (χ2n) is 3.66. The van der Waals surface area contributed by atoms with E-state index in [2.05, 4.69) is 5.16 Å². The number of amidine groups is 1. The lowest BCUT2D eigenvalue weighted by Gasteiger charge is -2.20. The Kier molecular flexibility index (Phi) is 4.74. The lowest BCUT2D eigenvalue weighted by atomic mass is 10.1.